The Balaban J connectivity index is 0.00000529. The van der Waals surface area contributed by atoms with Crippen LogP contribution >= 0.6 is 0 Å². The van der Waals surface area contributed by atoms with Gasteiger partial charge >= 0.3 is 0 Å². The van der Waals surface area contributed by atoms with Crippen LogP contribution in [-0.4, -0.2) is 12.5 Å². The van der Waals surface area contributed by atoms with E-state index in [0.717, 1.165) is 13.0 Å². The van der Waals surface area contributed by atoms with Crippen molar-refractivity contribution in [3.63, 3.8) is 0 Å². The molecule has 0 atom stereocenters. The highest BCUT2D eigenvalue weighted by atomic mass is 79.9. The molecule has 4 nitrogen and oxygen atoms in total. The Kier molecular flexibility index (Phi) is 15.0. The number of nitrogens with two attached hydrogens (primary N) is 1. The number of ether oxygens (including phenoxy) is 1. The Morgan fingerprint density at radius 1 is 1.04 bits per heavy atom. The largest absolute Gasteiger partial charge is 1.00 e. The molecule has 0 unspecified atom stereocenters. The molecule has 0 aromatic carbocycles. The second-order valence-electron chi connectivity index (χ2n) is 6.19. The number of aromatic nitrogens is 1. The molecule has 1 aromatic heterocycles. The average molecular weight is 401 g/mol. The molecule has 0 aliphatic heterocycles. The zero-order valence-electron chi connectivity index (χ0n) is 15.0. The average Bonchev–Trinajstić information content (AvgIpc) is 2.56. The quantitative estimate of drug-likeness (QED) is 0.373. The topological polar surface area (TPSA) is 56.2 Å². The summed E-state index contributed by atoms with van der Waals surface area (Å²) in [5.41, 5.74) is 5.77. The second kappa shape index (κ2) is 15.6. The third-order valence-corrected chi connectivity index (χ3v) is 4.03. The number of carbonyl (C=O) groups is 1. The summed E-state index contributed by atoms with van der Waals surface area (Å²) >= 11 is 0. The molecule has 138 valence electrons. The molecule has 0 radical (unpaired) electrons. The van der Waals surface area contributed by atoms with Crippen molar-refractivity contribution < 1.29 is 31.1 Å². The predicted molar refractivity (Wildman–Crippen MR) is 93.0 cm³/mol. The summed E-state index contributed by atoms with van der Waals surface area (Å²) in [7, 11) is 0. The molecule has 1 amide bonds. The van der Waals surface area contributed by atoms with Crippen LogP contribution in [0.25, 0.3) is 0 Å². The van der Waals surface area contributed by atoms with Gasteiger partial charge in [0.05, 0.1) is 6.61 Å². The Morgan fingerprint density at radius 3 is 2.21 bits per heavy atom. The maximum Gasteiger partial charge on any atom is 0.254 e. The standard InChI is InChI=1S/C19H32N2O2.BrH/c1-2-3-4-5-6-7-8-9-10-11-15-23-17-21-14-12-13-18(16-21)19(20)22;/h12-14,16H,2-11,15,17H2,1H3,(H-,20,22);1H. The highest BCUT2D eigenvalue weighted by Crippen LogP contribution is 2.10. The number of hydrogen-bond acceptors (Lipinski definition) is 2. The molecule has 5 heteroatoms. The number of pyridine rings is 1. The van der Waals surface area contributed by atoms with Gasteiger partial charge in [-0.1, -0.05) is 64.7 Å². The van der Waals surface area contributed by atoms with Gasteiger partial charge in [0.1, 0.15) is 5.56 Å². The van der Waals surface area contributed by atoms with Crippen LogP contribution in [0.2, 0.25) is 0 Å². The van der Waals surface area contributed by atoms with Gasteiger partial charge in [0.25, 0.3) is 12.6 Å². The summed E-state index contributed by atoms with van der Waals surface area (Å²) in [5, 5.41) is 0. The van der Waals surface area contributed by atoms with E-state index in [0.29, 0.717) is 12.3 Å². The van der Waals surface area contributed by atoms with Crippen LogP contribution in [-0.2, 0) is 11.5 Å². The molecule has 24 heavy (non-hydrogen) atoms. The highest BCUT2D eigenvalue weighted by Gasteiger charge is 2.06. The number of rotatable bonds is 14. The first-order valence-corrected chi connectivity index (χ1v) is 9.10. The molecular formula is C19H33BrN2O2. The lowest BCUT2D eigenvalue weighted by Crippen LogP contribution is -3.00. The van der Waals surface area contributed by atoms with E-state index < -0.39 is 5.91 Å². The Labute approximate surface area is 157 Å². The lowest BCUT2D eigenvalue weighted by atomic mass is 10.1. The number of hydrogen-bond donors (Lipinski definition) is 1. The van der Waals surface area contributed by atoms with Crippen LogP contribution in [0.4, 0.5) is 0 Å². The SMILES string of the molecule is CCCCCCCCCCCCOC[n+]1cccc(C(N)=O)c1.[Br-]. The monoisotopic (exact) mass is 400 g/mol. The first-order chi connectivity index (χ1) is 11.2. The number of halogens is 1. The summed E-state index contributed by atoms with van der Waals surface area (Å²) in [6.45, 7) is 3.50. The number of unbranched alkanes of at least 4 members (excludes halogenated alkanes) is 9. The van der Waals surface area contributed by atoms with E-state index in [-0.39, 0.29) is 17.0 Å². The van der Waals surface area contributed by atoms with Gasteiger partial charge in [-0.25, -0.2) is 0 Å². The van der Waals surface area contributed by atoms with Gasteiger partial charge < -0.3 is 27.5 Å². The van der Waals surface area contributed by atoms with Crippen LogP contribution in [0, 0.1) is 0 Å². The molecule has 0 saturated heterocycles. The smallest absolute Gasteiger partial charge is 0.254 e. The molecule has 0 spiro atoms. The fourth-order valence-electron chi connectivity index (χ4n) is 2.61. The molecule has 0 aliphatic carbocycles. The normalized spacial score (nSPS) is 10.4. The van der Waals surface area contributed by atoms with Crippen molar-refractivity contribution >= 4 is 5.91 Å². The van der Waals surface area contributed by atoms with Crippen molar-refractivity contribution in [3.05, 3.63) is 30.1 Å². The lowest BCUT2D eigenvalue weighted by Gasteiger charge is -2.03. The van der Waals surface area contributed by atoms with Crippen molar-refractivity contribution in [1.29, 1.82) is 0 Å². The zero-order valence-corrected chi connectivity index (χ0v) is 16.6. The molecule has 1 aromatic rings. The maximum absolute atomic E-state index is 11.1. The number of primary amides is 1. The van der Waals surface area contributed by atoms with E-state index in [4.69, 9.17) is 10.5 Å². The van der Waals surface area contributed by atoms with Gasteiger partial charge in [0.15, 0.2) is 12.4 Å². The first-order valence-electron chi connectivity index (χ1n) is 9.10. The van der Waals surface area contributed by atoms with Crippen LogP contribution in [0.1, 0.15) is 81.5 Å². The van der Waals surface area contributed by atoms with Crippen LogP contribution in [0.15, 0.2) is 24.5 Å². The molecule has 0 saturated carbocycles. The molecule has 1 heterocycles. The van der Waals surface area contributed by atoms with Gasteiger partial charge in [-0.15, -0.1) is 0 Å². The van der Waals surface area contributed by atoms with Gasteiger partial charge in [-0.2, -0.15) is 4.57 Å². The minimum Gasteiger partial charge on any atom is -1.00 e. The van der Waals surface area contributed by atoms with Crippen molar-refractivity contribution in [2.75, 3.05) is 6.61 Å². The van der Waals surface area contributed by atoms with E-state index >= 15 is 0 Å². The van der Waals surface area contributed by atoms with Crippen LogP contribution in [0.3, 0.4) is 0 Å². The summed E-state index contributed by atoms with van der Waals surface area (Å²) in [4.78, 5) is 11.1. The summed E-state index contributed by atoms with van der Waals surface area (Å²) in [6.07, 6.45) is 16.9. The summed E-state index contributed by atoms with van der Waals surface area (Å²) in [6, 6.07) is 3.52. The Bertz CT molecular complexity index is 441. The highest BCUT2D eigenvalue weighted by molar-refractivity contribution is 5.92. The molecule has 0 aliphatic rings. The minimum atomic E-state index is -0.408. The van der Waals surface area contributed by atoms with Gasteiger partial charge in [0, 0.05) is 6.07 Å². The number of amides is 1. The van der Waals surface area contributed by atoms with E-state index in [9.17, 15) is 4.79 Å². The maximum atomic E-state index is 11.1. The van der Waals surface area contributed by atoms with Gasteiger partial charge in [0.2, 0.25) is 0 Å². The van der Waals surface area contributed by atoms with Gasteiger partial charge in [-0.05, 0) is 12.5 Å². The molecular weight excluding hydrogens is 368 g/mol. The lowest BCUT2D eigenvalue weighted by molar-refractivity contribution is -0.732. The van der Waals surface area contributed by atoms with Crippen molar-refractivity contribution in [3.8, 4) is 0 Å². The van der Waals surface area contributed by atoms with Crippen molar-refractivity contribution in [2.24, 2.45) is 5.73 Å². The predicted octanol–water partition coefficient (Wildman–Crippen LogP) is 0.972. The summed E-state index contributed by atoms with van der Waals surface area (Å²) in [5.74, 6) is -0.408. The second-order valence-corrected chi connectivity index (χ2v) is 6.19. The van der Waals surface area contributed by atoms with Crippen LogP contribution in [0.5, 0.6) is 0 Å². The van der Waals surface area contributed by atoms with E-state index in [1.54, 1.807) is 12.3 Å². The Morgan fingerprint density at radius 2 is 1.62 bits per heavy atom. The zero-order chi connectivity index (χ0) is 16.8. The van der Waals surface area contributed by atoms with E-state index in [1.165, 1.54) is 57.8 Å². The van der Waals surface area contributed by atoms with E-state index in [2.05, 4.69) is 6.92 Å². The minimum absolute atomic E-state index is 0. The van der Waals surface area contributed by atoms with Crippen LogP contribution < -0.4 is 27.3 Å². The van der Waals surface area contributed by atoms with E-state index in [1.807, 2.05) is 16.8 Å². The molecule has 0 bridgehead atoms. The summed E-state index contributed by atoms with van der Waals surface area (Å²) < 4.78 is 7.48. The number of nitrogens with zero attached hydrogens (tertiary/aromatic N) is 1. The molecule has 0 fully saturated rings. The number of carbonyl (C=O) groups excluding carboxylic acids is 1. The third kappa shape index (κ3) is 11.6. The van der Waals surface area contributed by atoms with Gasteiger partial charge in [-0.3, -0.25) is 4.79 Å². The first kappa shape index (κ1) is 23.1. The van der Waals surface area contributed by atoms with Crippen molar-refractivity contribution in [2.45, 2.75) is 77.9 Å². The Hall–Kier alpha value is -0.940. The fraction of sp³-hybridized carbons (Fsp3) is 0.684. The molecule has 1 rings (SSSR count). The third-order valence-electron chi connectivity index (χ3n) is 4.03. The fourth-order valence-corrected chi connectivity index (χ4v) is 2.61. The van der Waals surface area contributed by atoms with Crippen molar-refractivity contribution in [1.82, 2.24) is 0 Å². The molecule has 2 N–H and O–H groups in total.